The predicted octanol–water partition coefficient (Wildman–Crippen LogP) is 2.71. The minimum Gasteiger partial charge on any atom is -0.481 e. The Balaban J connectivity index is 2.30. The lowest BCUT2D eigenvalue weighted by Gasteiger charge is -2.28. The van der Waals surface area contributed by atoms with Gasteiger partial charge in [0, 0.05) is 23.6 Å². The topological polar surface area (TPSA) is 97.7 Å². The van der Waals surface area contributed by atoms with E-state index in [2.05, 4.69) is 0 Å². The van der Waals surface area contributed by atoms with E-state index in [0.29, 0.717) is 6.42 Å². The second-order valence-electron chi connectivity index (χ2n) is 6.39. The second kappa shape index (κ2) is 6.79. The largest absolute Gasteiger partial charge is 0.481 e. The Bertz CT molecular complexity index is 937. The summed E-state index contributed by atoms with van der Waals surface area (Å²) < 4.78 is 5.36. The summed E-state index contributed by atoms with van der Waals surface area (Å²) >= 11 is 0. The summed E-state index contributed by atoms with van der Waals surface area (Å²) in [6.45, 7) is 3.02. The molecule has 27 heavy (non-hydrogen) atoms. The monoisotopic (exact) mass is 366 g/mol. The van der Waals surface area contributed by atoms with Gasteiger partial charge in [0.05, 0.1) is 6.42 Å². The maximum Gasteiger partial charge on any atom is 0.307 e. The third-order valence-electron chi connectivity index (χ3n) is 4.65. The third-order valence-corrected chi connectivity index (χ3v) is 4.65. The van der Waals surface area contributed by atoms with Crippen molar-refractivity contribution >= 4 is 23.5 Å². The Morgan fingerprint density at radius 3 is 2.11 bits per heavy atom. The van der Waals surface area contributed by atoms with Crippen LogP contribution in [0.4, 0.5) is 0 Å². The number of carboxylic acid groups (broad SMARTS) is 1. The summed E-state index contributed by atoms with van der Waals surface area (Å²) in [4.78, 5) is 49.6. The van der Waals surface area contributed by atoms with Gasteiger partial charge in [-0.1, -0.05) is 49.4 Å². The van der Waals surface area contributed by atoms with Crippen molar-refractivity contribution < 1.29 is 29.0 Å². The lowest BCUT2D eigenvalue weighted by molar-refractivity contribution is -0.149. The number of aliphatic carboxylic acids is 1. The van der Waals surface area contributed by atoms with Crippen LogP contribution in [0.2, 0.25) is 0 Å². The lowest BCUT2D eigenvalue weighted by Crippen LogP contribution is -2.43. The quantitative estimate of drug-likeness (QED) is 0.645. The van der Waals surface area contributed by atoms with Crippen LogP contribution in [0.25, 0.3) is 0 Å². The summed E-state index contributed by atoms with van der Waals surface area (Å²) in [5.41, 5.74) is -0.647. The van der Waals surface area contributed by atoms with E-state index in [1.165, 1.54) is 18.2 Å². The highest BCUT2D eigenvalue weighted by molar-refractivity contribution is 6.32. The van der Waals surface area contributed by atoms with Crippen LogP contribution in [0.1, 0.15) is 51.3 Å². The van der Waals surface area contributed by atoms with Crippen molar-refractivity contribution in [3.63, 3.8) is 0 Å². The Morgan fingerprint density at radius 2 is 1.63 bits per heavy atom. The van der Waals surface area contributed by atoms with Crippen molar-refractivity contribution in [3.05, 3.63) is 70.3 Å². The van der Waals surface area contributed by atoms with Crippen molar-refractivity contribution in [2.75, 3.05) is 0 Å². The number of carbonyl (C=O) groups is 4. The standard InChI is InChI=1S/C21H18O6/c1-3-13-8-9-17(14(10-13)11-18(23)24)21(27-12(2)22)19(25)15-6-4-5-7-16(15)20(21)26/h4-10H,3,11H2,1-2H3,(H,23,24). The Labute approximate surface area is 155 Å². The van der Waals surface area contributed by atoms with Crippen LogP contribution in [-0.2, 0) is 32.8 Å². The average molecular weight is 366 g/mol. The normalized spacial score (nSPS) is 14.7. The number of hydrogen-bond donors (Lipinski definition) is 1. The average Bonchev–Trinajstić information content (AvgIpc) is 2.83. The maximum absolute atomic E-state index is 13.2. The second-order valence-corrected chi connectivity index (χ2v) is 6.39. The van der Waals surface area contributed by atoms with Crippen molar-refractivity contribution in [1.29, 1.82) is 0 Å². The smallest absolute Gasteiger partial charge is 0.307 e. The van der Waals surface area contributed by atoms with Gasteiger partial charge in [-0.2, -0.15) is 0 Å². The number of carboxylic acids is 1. The van der Waals surface area contributed by atoms with E-state index < -0.39 is 35.5 Å². The Hall–Kier alpha value is -3.28. The van der Waals surface area contributed by atoms with Gasteiger partial charge >= 0.3 is 11.9 Å². The molecule has 0 bridgehead atoms. The summed E-state index contributed by atoms with van der Waals surface area (Å²) in [5, 5.41) is 9.29. The zero-order chi connectivity index (χ0) is 19.8. The van der Waals surface area contributed by atoms with Crippen molar-refractivity contribution in [3.8, 4) is 0 Å². The molecule has 2 aromatic rings. The van der Waals surface area contributed by atoms with Gasteiger partial charge in [-0.25, -0.2) is 0 Å². The number of hydrogen-bond acceptors (Lipinski definition) is 5. The third kappa shape index (κ3) is 2.93. The van der Waals surface area contributed by atoms with Gasteiger partial charge in [0.15, 0.2) is 0 Å². The predicted molar refractivity (Wildman–Crippen MR) is 95.7 cm³/mol. The molecule has 0 aliphatic heterocycles. The molecule has 2 aromatic carbocycles. The van der Waals surface area contributed by atoms with Gasteiger partial charge < -0.3 is 9.84 Å². The van der Waals surface area contributed by atoms with E-state index in [-0.39, 0.29) is 22.3 Å². The van der Waals surface area contributed by atoms with E-state index in [9.17, 15) is 24.3 Å². The van der Waals surface area contributed by atoms with Crippen LogP contribution >= 0.6 is 0 Å². The number of carbonyl (C=O) groups excluding carboxylic acids is 3. The van der Waals surface area contributed by atoms with Crippen LogP contribution in [0.15, 0.2) is 42.5 Å². The highest BCUT2D eigenvalue weighted by atomic mass is 16.6. The van der Waals surface area contributed by atoms with Gasteiger partial charge in [0.1, 0.15) is 0 Å². The lowest BCUT2D eigenvalue weighted by atomic mass is 9.83. The number of ether oxygens (including phenoxy) is 1. The van der Waals surface area contributed by atoms with Gasteiger partial charge in [-0.3, -0.25) is 19.2 Å². The van der Waals surface area contributed by atoms with Gasteiger partial charge in [0.25, 0.3) is 5.60 Å². The molecule has 0 heterocycles. The van der Waals surface area contributed by atoms with Gasteiger partial charge in [0.2, 0.25) is 11.6 Å². The first-order valence-electron chi connectivity index (χ1n) is 8.53. The van der Waals surface area contributed by atoms with E-state index in [4.69, 9.17) is 4.74 Å². The molecule has 1 N–H and O–H groups in total. The first-order valence-corrected chi connectivity index (χ1v) is 8.53. The van der Waals surface area contributed by atoms with Crippen LogP contribution in [0, 0.1) is 0 Å². The molecule has 6 nitrogen and oxygen atoms in total. The number of esters is 1. The highest BCUT2D eigenvalue weighted by Gasteiger charge is 2.58. The van der Waals surface area contributed by atoms with Crippen molar-refractivity contribution in [2.45, 2.75) is 32.3 Å². The first kappa shape index (κ1) is 18.5. The van der Waals surface area contributed by atoms with Crippen LogP contribution < -0.4 is 0 Å². The Morgan fingerprint density at radius 1 is 1.04 bits per heavy atom. The molecular formula is C21H18O6. The molecule has 0 fully saturated rings. The minimum atomic E-state index is -2.19. The molecule has 1 aliphatic rings. The van der Waals surface area contributed by atoms with Crippen molar-refractivity contribution in [1.82, 2.24) is 0 Å². The molecule has 0 amide bonds. The molecule has 0 spiro atoms. The number of rotatable bonds is 5. The summed E-state index contributed by atoms with van der Waals surface area (Å²) in [6.07, 6.45) is 0.249. The molecular weight excluding hydrogens is 348 g/mol. The van der Waals surface area contributed by atoms with E-state index >= 15 is 0 Å². The van der Waals surface area contributed by atoms with Gasteiger partial charge in [-0.15, -0.1) is 0 Å². The zero-order valence-electron chi connectivity index (χ0n) is 14.9. The first-order chi connectivity index (χ1) is 12.8. The number of benzene rings is 2. The molecule has 0 saturated carbocycles. The summed E-state index contributed by atoms with van der Waals surface area (Å²) in [6, 6.07) is 11.1. The van der Waals surface area contributed by atoms with E-state index in [0.717, 1.165) is 12.5 Å². The highest BCUT2D eigenvalue weighted by Crippen LogP contribution is 2.42. The fourth-order valence-corrected chi connectivity index (χ4v) is 3.49. The molecule has 138 valence electrons. The molecule has 0 atom stereocenters. The fourth-order valence-electron chi connectivity index (χ4n) is 3.49. The minimum absolute atomic E-state index is 0.100. The molecule has 0 aromatic heterocycles. The summed E-state index contributed by atoms with van der Waals surface area (Å²) in [7, 11) is 0. The van der Waals surface area contributed by atoms with Crippen molar-refractivity contribution in [2.24, 2.45) is 0 Å². The van der Waals surface area contributed by atoms with Gasteiger partial charge in [-0.05, 0) is 17.5 Å². The summed E-state index contributed by atoms with van der Waals surface area (Å²) in [5.74, 6) is -3.23. The zero-order valence-corrected chi connectivity index (χ0v) is 14.9. The molecule has 0 saturated heterocycles. The molecule has 0 radical (unpaired) electrons. The van der Waals surface area contributed by atoms with Crippen LogP contribution in [-0.4, -0.2) is 28.6 Å². The number of ketones is 2. The fraction of sp³-hybridized carbons (Fsp3) is 0.238. The molecule has 3 rings (SSSR count). The number of Topliss-reactive ketones (excluding diaryl/α,β-unsaturated/α-hetero) is 2. The molecule has 6 heteroatoms. The van der Waals surface area contributed by atoms with E-state index in [1.54, 1.807) is 24.3 Å². The van der Waals surface area contributed by atoms with Crippen LogP contribution in [0.3, 0.4) is 0 Å². The molecule has 1 aliphatic carbocycles. The number of aryl methyl sites for hydroxylation is 1. The molecule has 0 unspecified atom stereocenters. The van der Waals surface area contributed by atoms with Crippen LogP contribution in [0.5, 0.6) is 0 Å². The van der Waals surface area contributed by atoms with E-state index in [1.807, 2.05) is 6.92 Å². The SMILES string of the molecule is CCc1ccc(C2(OC(C)=O)C(=O)c3ccccc3C2=O)c(CC(=O)O)c1. The number of fused-ring (bicyclic) bond motifs is 1. The maximum atomic E-state index is 13.2. The Kier molecular flexibility index (Phi) is 4.66.